The van der Waals surface area contributed by atoms with Crippen LogP contribution < -0.4 is 10.7 Å². The number of fused-ring (bicyclic) bond motifs is 1. The Morgan fingerprint density at radius 1 is 1.09 bits per heavy atom. The molecule has 23 heavy (non-hydrogen) atoms. The zero-order chi connectivity index (χ0) is 16.1. The van der Waals surface area contributed by atoms with Crippen LogP contribution in [0.4, 0.5) is 5.69 Å². The number of rotatable bonds is 4. The lowest BCUT2D eigenvalue weighted by atomic mass is 9.90. The predicted molar refractivity (Wildman–Crippen MR) is 94.0 cm³/mol. The second-order valence-electron chi connectivity index (χ2n) is 5.44. The van der Waals surface area contributed by atoms with Crippen LogP contribution in [0.25, 0.3) is 0 Å². The molecule has 118 valence electrons. The van der Waals surface area contributed by atoms with E-state index in [1.54, 1.807) is 6.07 Å². The number of halogens is 1. The quantitative estimate of drug-likeness (QED) is 0.843. The molecule has 0 saturated heterocycles. The lowest BCUT2D eigenvalue weighted by Gasteiger charge is -2.17. The third-order valence-electron chi connectivity index (χ3n) is 3.82. The summed E-state index contributed by atoms with van der Waals surface area (Å²) in [5, 5.41) is 7.90. The molecule has 3 rings (SSSR count). The SMILES string of the molecule is O=C(CNc1ccccc1Cl)N/N=C1/CCCc2ccccc21. The van der Waals surface area contributed by atoms with Crippen molar-refractivity contribution in [1.82, 2.24) is 5.43 Å². The molecule has 2 N–H and O–H groups in total. The normalized spacial score (nSPS) is 15.1. The van der Waals surface area contributed by atoms with E-state index in [1.165, 1.54) is 5.56 Å². The average Bonchev–Trinajstić information content (AvgIpc) is 2.59. The molecular formula is C18H18ClN3O. The summed E-state index contributed by atoms with van der Waals surface area (Å²) in [5.74, 6) is -0.194. The average molecular weight is 328 g/mol. The van der Waals surface area contributed by atoms with Gasteiger partial charge in [-0.2, -0.15) is 5.10 Å². The van der Waals surface area contributed by atoms with Crippen LogP contribution in [0.2, 0.25) is 5.02 Å². The summed E-state index contributed by atoms with van der Waals surface area (Å²) in [6, 6.07) is 15.5. The molecule has 0 bridgehead atoms. The van der Waals surface area contributed by atoms with Crippen molar-refractivity contribution in [3.05, 3.63) is 64.7 Å². The highest BCUT2D eigenvalue weighted by Gasteiger charge is 2.15. The van der Waals surface area contributed by atoms with E-state index in [9.17, 15) is 4.79 Å². The number of amides is 1. The smallest absolute Gasteiger partial charge is 0.259 e. The van der Waals surface area contributed by atoms with Gasteiger partial charge in [-0.3, -0.25) is 4.79 Å². The van der Waals surface area contributed by atoms with E-state index >= 15 is 0 Å². The molecular weight excluding hydrogens is 310 g/mol. The van der Waals surface area contributed by atoms with Gasteiger partial charge >= 0.3 is 0 Å². The minimum Gasteiger partial charge on any atom is -0.375 e. The Bertz CT molecular complexity index is 743. The largest absolute Gasteiger partial charge is 0.375 e. The van der Waals surface area contributed by atoms with Crippen molar-refractivity contribution in [2.24, 2.45) is 5.10 Å². The molecule has 0 unspecified atom stereocenters. The van der Waals surface area contributed by atoms with Gasteiger partial charge in [-0.05, 0) is 37.0 Å². The molecule has 5 heteroatoms. The monoisotopic (exact) mass is 327 g/mol. The second-order valence-corrected chi connectivity index (χ2v) is 5.84. The van der Waals surface area contributed by atoms with Crippen molar-refractivity contribution in [2.75, 3.05) is 11.9 Å². The first-order valence-electron chi connectivity index (χ1n) is 7.66. The number of benzene rings is 2. The number of carbonyl (C=O) groups is 1. The Kier molecular flexibility index (Phi) is 4.93. The van der Waals surface area contributed by atoms with Crippen LogP contribution in [0.5, 0.6) is 0 Å². The van der Waals surface area contributed by atoms with Gasteiger partial charge in [0.2, 0.25) is 0 Å². The molecule has 0 radical (unpaired) electrons. The summed E-state index contributed by atoms with van der Waals surface area (Å²) in [5.41, 5.74) is 6.73. The van der Waals surface area contributed by atoms with Crippen LogP contribution in [0.15, 0.2) is 53.6 Å². The number of anilines is 1. The van der Waals surface area contributed by atoms with Gasteiger partial charge in [0.25, 0.3) is 5.91 Å². The van der Waals surface area contributed by atoms with E-state index in [-0.39, 0.29) is 12.5 Å². The number of aryl methyl sites for hydroxylation is 1. The molecule has 0 atom stereocenters. The lowest BCUT2D eigenvalue weighted by molar-refractivity contribution is -0.119. The number of hydrogen-bond acceptors (Lipinski definition) is 3. The molecule has 1 amide bonds. The zero-order valence-corrected chi connectivity index (χ0v) is 13.4. The summed E-state index contributed by atoms with van der Waals surface area (Å²) in [7, 11) is 0. The zero-order valence-electron chi connectivity index (χ0n) is 12.7. The van der Waals surface area contributed by atoms with Crippen molar-refractivity contribution >= 4 is 28.9 Å². The Morgan fingerprint density at radius 3 is 2.74 bits per heavy atom. The third kappa shape index (κ3) is 3.90. The van der Waals surface area contributed by atoms with E-state index in [4.69, 9.17) is 11.6 Å². The summed E-state index contributed by atoms with van der Waals surface area (Å²) < 4.78 is 0. The van der Waals surface area contributed by atoms with Crippen molar-refractivity contribution in [1.29, 1.82) is 0 Å². The Morgan fingerprint density at radius 2 is 1.87 bits per heavy atom. The number of carbonyl (C=O) groups excluding carboxylic acids is 1. The summed E-state index contributed by atoms with van der Waals surface area (Å²) >= 11 is 6.04. The first-order valence-corrected chi connectivity index (χ1v) is 8.04. The maximum atomic E-state index is 12.0. The van der Waals surface area contributed by atoms with Gasteiger partial charge in [0.1, 0.15) is 0 Å². The van der Waals surface area contributed by atoms with Crippen LogP contribution in [-0.4, -0.2) is 18.2 Å². The van der Waals surface area contributed by atoms with Gasteiger partial charge in [0.05, 0.1) is 23.0 Å². The highest BCUT2D eigenvalue weighted by molar-refractivity contribution is 6.33. The Labute approximate surface area is 140 Å². The number of hydrogen-bond donors (Lipinski definition) is 2. The lowest BCUT2D eigenvalue weighted by Crippen LogP contribution is -2.28. The molecule has 0 aliphatic heterocycles. The van der Waals surface area contributed by atoms with Crippen LogP contribution in [0, 0.1) is 0 Å². The standard InChI is InChI=1S/C18H18ClN3O/c19-15-9-3-4-10-17(15)20-12-18(23)22-21-16-11-5-7-13-6-1-2-8-14(13)16/h1-4,6,8-10,20H,5,7,11-12H2,(H,22,23)/b21-16-. The molecule has 1 aliphatic rings. The molecule has 2 aromatic rings. The maximum absolute atomic E-state index is 12.0. The van der Waals surface area contributed by atoms with Crippen LogP contribution in [0.1, 0.15) is 24.0 Å². The van der Waals surface area contributed by atoms with E-state index in [2.05, 4.69) is 28.0 Å². The fourth-order valence-electron chi connectivity index (χ4n) is 2.67. The highest BCUT2D eigenvalue weighted by Crippen LogP contribution is 2.21. The third-order valence-corrected chi connectivity index (χ3v) is 4.15. The molecule has 0 fully saturated rings. The topological polar surface area (TPSA) is 53.5 Å². The van der Waals surface area contributed by atoms with E-state index in [0.717, 1.165) is 36.2 Å². The Balaban J connectivity index is 1.60. The fraction of sp³-hybridized carbons (Fsp3) is 0.222. The van der Waals surface area contributed by atoms with E-state index in [1.807, 2.05) is 30.3 Å². The summed E-state index contributed by atoms with van der Waals surface area (Å²) in [6.45, 7) is 0.127. The molecule has 1 aliphatic carbocycles. The van der Waals surface area contributed by atoms with Gasteiger partial charge in [0, 0.05) is 5.56 Å². The molecule has 0 spiro atoms. The number of nitrogens with one attached hydrogen (secondary N) is 2. The minimum absolute atomic E-state index is 0.127. The fourth-order valence-corrected chi connectivity index (χ4v) is 2.87. The van der Waals surface area contributed by atoms with E-state index < -0.39 is 0 Å². The van der Waals surface area contributed by atoms with Crippen LogP contribution >= 0.6 is 11.6 Å². The molecule has 0 saturated carbocycles. The first-order chi connectivity index (χ1) is 11.2. The molecule has 4 nitrogen and oxygen atoms in total. The first kappa shape index (κ1) is 15.6. The predicted octanol–water partition coefficient (Wildman–Crippen LogP) is 3.61. The van der Waals surface area contributed by atoms with Crippen molar-refractivity contribution in [3.8, 4) is 0 Å². The summed E-state index contributed by atoms with van der Waals surface area (Å²) in [6.07, 6.45) is 3.01. The maximum Gasteiger partial charge on any atom is 0.259 e. The highest BCUT2D eigenvalue weighted by atomic mass is 35.5. The van der Waals surface area contributed by atoms with Crippen molar-refractivity contribution in [3.63, 3.8) is 0 Å². The van der Waals surface area contributed by atoms with Gasteiger partial charge in [-0.25, -0.2) is 5.43 Å². The van der Waals surface area contributed by atoms with Gasteiger partial charge in [-0.1, -0.05) is 48.0 Å². The molecule has 0 heterocycles. The van der Waals surface area contributed by atoms with Gasteiger partial charge < -0.3 is 5.32 Å². The Hall–Kier alpha value is -2.33. The van der Waals surface area contributed by atoms with Crippen LogP contribution in [-0.2, 0) is 11.2 Å². The minimum atomic E-state index is -0.194. The molecule has 0 aromatic heterocycles. The second kappa shape index (κ2) is 7.29. The van der Waals surface area contributed by atoms with Crippen molar-refractivity contribution < 1.29 is 4.79 Å². The number of para-hydroxylation sites is 1. The van der Waals surface area contributed by atoms with Crippen molar-refractivity contribution in [2.45, 2.75) is 19.3 Å². The molecule has 2 aromatic carbocycles. The number of hydrazone groups is 1. The number of nitrogens with zero attached hydrogens (tertiary/aromatic N) is 1. The summed E-state index contributed by atoms with van der Waals surface area (Å²) in [4.78, 5) is 12.0. The van der Waals surface area contributed by atoms with Gasteiger partial charge in [0.15, 0.2) is 0 Å². The van der Waals surface area contributed by atoms with E-state index in [0.29, 0.717) is 5.02 Å². The van der Waals surface area contributed by atoms with Crippen LogP contribution in [0.3, 0.4) is 0 Å². The van der Waals surface area contributed by atoms with Gasteiger partial charge in [-0.15, -0.1) is 0 Å².